The van der Waals surface area contributed by atoms with Gasteiger partial charge in [-0.25, -0.2) is 9.97 Å². The number of rotatable bonds is 5. The SMILES string of the molecule is CCc1nc(C(C)Nc2ncc([N+](=O)[O-])cc2Cl)cs1. The minimum Gasteiger partial charge on any atom is -0.361 e. The minimum absolute atomic E-state index is 0.0713. The molecule has 20 heavy (non-hydrogen) atoms. The highest BCUT2D eigenvalue weighted by molar-refractivity contribution is 7.09. The Balaban J connectivity index is 2.15. The summed E-state index contributed by atoms with van der Waals surface area (Å²) in [6.45, 7) is 3.99. The molecule has 0 aliphatic carbocycles. The van der Waals surface area contributed by atoms with Crippen molar-refractivity contribution in [2.45, 2.75) is 26.3 Å². The molecule has 0 radical (unpaired) electrons. The van der Waals surface area contributed by atoms with Crippen molar-refractivity contribution in [3.05, 3.63) is 43.5 Å². The smallest absolute Gasteiger partial charge is 0.289 e. The van der Waals surface area contributed by atoms with Gasteiger partial charge in [-0.05, 0) is 13.3 Å². The number of halogens is 1. The molecule has 0 aliphatic heterocycles. The first kappa shape index (κ1) is 14.7. The van der Waals surface area contributed by atoms with Crippen LogP contribution in [0.3, 0.4) is 0 Å². The number of nitrogens with zero attached hydrogens (tertiary/aromatic N) is 3. The molecule has 0 aliphatic rings. The zero-order valence-electron chi connectivity index (χ0n) is 11.0. The van der Waals surface area contributed by atoms with Crippen LogP contribution in [0.15, 0.2) is 17.6 Å². The maximum atomic E-state index is 10.6. The summed E-state index contributed by atoms with van der Waals surface area (Å²) < 4.78 is 0. The average Bonchev–Trinajstić information content (AvgIpc) is 2.89. The third-order valence-electron chi connectivity index (χ3n) is 2.71. The lowest BCUT2D eigenvalue weighted by atomic mass is 10.2. The Morgan fingerprint density at radius 2 is 2.35 bits per heavy atom. The van der Waals surface area contributed by atoms with Crippen molar-refractivity contribution in [1.29, 1.82) is 0 Å². The Morgan fingerprint density at radius 3 is 2.90 bits per heavy atom. The monoisotopic (exact) mass is 312 g/mol. The van der Waals surface area contributed by atoms with Gasteiger partial charge in [-0.2, -0.15) is 0 Å². The lowest BCUT2D eigenvalue weighted by Gasteiger charge is -2.13. The third-order valence-corrected chi connectivity index (χ3v) is 4.01. The summed E-state index contributed by atoms with van der Waals surface area (Å²) in [6, 6.07) is 1.21. The Labute approximate surface area is 125 Å². The second-order valence-electron chi connectivity index (χ2n) is 4.17. The second-order valence-corrected chi connectivity index (χ2v) is 5.52. The van der Waals surface area contributed by atoms with Gasteiger partial charge in [0.15, 0.2) is 0 Å². The quantitative estimate of drug-likeness (QED) is 0.670. The summed E-state index contributed by atoms with van der Waals surface area (Å²) in [4.78, 5) is 18.6. The van der Waals surface area contributed by atoms with Gasteiger partial charge in [0.1, 0.15) is 12.0 Å². The van der Waals surface area contributed by atoms with E-state index in [4.69, 9.17) is 11.6 Å². The van der Waals surface area contributed by atoms with Gasteiger partial charge < -0.3 is 5.32 Å². The number of anilines is 1. The Kier molecular flexibility index (Phi) is 4.51. The number of aryl methyl sites for hydroxylation is 1. The molecule has 0 aromatic carbocycles. The number of nitro groups is 1. The highest BCUT2D eigenvalue weighted by Crippen LogP contribution is 2.27. The average molecular weight is 313 g/mol. The summed E-state index contributed by atoms with van der Waals surface area (Å²) in [5, 5.41) is 17.0. The molecule has 0 spiro atoms. The number of pyridine rings is 1. The maximum absolute atomic E-state index is 10.6. The molecule has 0 saturated heterocycles. The van der Waals surface area contributed by atoms with Gasteiger partial charge in [0.25, 0.3) is 5.69 Å². The van der Waals surface area contributed by atoms with Crippen molar-refractivity contribution in [3.63, 3.8) is 0 Å². The van der Waals surface area contributed by atoms with Gasteiger partial charge in [-0.3, -0.25) is 10.1 Å². The third kappa shape index (κ3) is 3.23. The molecule has 0 fully saturated rings. The van der Waals surface area contributed by atoms with Crippen LogP contribution in [-0.2, 0) is 6.42 Å². The Bertz CT molecular complexity index is 632. The summed E-state index contributed by atoms with van der Waals surface area (Å²) in [5.41, 5.74) is 0.776. The van der Waals surface area contributed by atoms with E-state index in [1.165, 1.54) is 12.3 Å². The normalized spacial score (nSPS) is 12.2. The molecule has 8 heteroatoms. The van der Waals surface area contributed by atoms with Crippen LogP contribution in [0, 0.1) is 10.1 Å². The zero-order valence-corrected chi connectivity index (χ0v) is 12.5. The van der Waals surface area contributed by atoms with Gasteiger partial charge in [0.2, 0.25) is 0 Å². The number of hydrogen-bond donors (Lipinski definition) is 1. The zero-order chi connectivity index (χ0) is 14.7. The molecule has 1 unspecified atom stereocenters. The van der Waals surface area contributed by atoms with Crippen molar-refractivity contribution in [2.24, 2.45) is 0 Å². The standard InChI is InChI=1S/C12H13ClN4O2S/c1-3-11-16-10(6-20-11)7(2)15-12-9(13)4-8(5-14-12)17(18)19/h4-7H,3H2,1-2H3,(H,14,15). The summed E-state index contributed by atoms with van der Waals surface area (Å²) in [5.74, 6) is 0.413. The second kappa shape index (κ2) is 6.15. The summed E-state index contributed by atoms with van der Waals surface area (Å²) in [6.07, 6.45) is 2.08. The minimum atomic E-state index is -0.528. The lowest BCUT2D eigenvalue weighted by molar-refractivity contribution is -0.385. The molecule has 0 amide bonds. The van der Waals surface area contributed by atoms with Crippen LogP contribution in [0.2, 0.25) is 5.02 Å². The van der Waals surface area contributed by atoms with Crippen molar-refractivity contribution in [1.82, 2.24) is 9.97 Å². The first-order valence-corrected chi connectivity index (χ1v) is 7.27. The van der Waals surface area contributed by atoms with Crippen LogP contribution < -0.4 is 5.32 Å². The molecule has 106 valence electrons. The van der Waals surface area contributed by atoms with E-state index < -0.39 is 4.92 Å². The highest BCUT2D eigenvalue weighted by Gasteiger charge is 2.15. The lowest BCUT2D eigenvalue weighted by Crippen LogP contribution is -2.09. The van der Waals surface area contributed by atoms with Gasteiger partial charge in [0.05, 0.1) is 26.7 Å². The van der Waals surface area contributed by atoms with E-state index in [0.717, 1.165) is 17.1 Å². The molecule has 2 heterocycles. The predicted octanol–water partition coefficient (Wildman–Crippen LogP) is 3.84. The van der Waals surface area contributed by atoms with Crippen LogP contribution in [0.1, 0.15) is 30.6 Å². The van der Waals surface area contributed by atoms with Gasteiger partial charge in [-0.15, -0.1) is 11.3 Å². The summed E-state index contributed by atoms with van der Waals surface area (Å²) >= 11 is 7.60. The van der Waals surface area contributed by atoms with E-state index in [1.807, 2.05) is 12.3 Å². The van der Waals surface area contributed by atoms with E-state index in [1.54, 1.807) is 11.3 Å². The number of hydrogen-bond acceptors (Lipinski definition) is 6. The number of thiazole rings is 1. The van der Waals surface area contributed by atoms with Crippen LogP contribution in [0.4, 0.5) is 11.5 Å². The number of nitrogens with one attached hydrogen (secondary N) is 1. The van der Waals surface area contributed by atoms with Crippen molar-refractivity contribution in [3.8, 4) is 0 Å². The van der Waals surface area contributed by atoms with E-state index in [-0.39, 0.29) is 16.8 Å². The fourth-order valence-electron chi connectivity index (χ4n) is 1.60. The van der Waals surface area contributed by atoms with Crippen LogP contribution in [-0.4, -0.2) is 14.9 Å². The molecular weight excluding hydrogens is 300 g/mol. The first-order chi connectivity index (χ1) is 9.51. The molecule has 1 N–H and O–H groups in total. The molecule has 2 rings (SSSR count). The molecule has 6 nitrogen and oxygen atoms in total. The van der Waals surface area contributed by atoms with E-state index in [0.29, 0.717) is 5.82 Å². The molecule has 0 saturated carbocycles. The molecule has 1 atom stereocenters. The van der Waals surface area contributed by atoms with E-state index >= 15 is 0 Å². The predicted molar refractivity (Wildman–Crippen MR) is 79.4 cm³/mol. The maximum Gasteiger partial charge on any atom is 0.289 e. The molecule has 0 bridgehead atoms. The van der Waals surface area contributed by atoms with Gasteiger partial charge in [-0.1, -0.05) is 18.5 Å². The van der Waals surface area contributed by atoms with Gasteiger partial charge in [0, 0.05) is 11.4 Å². The largest absolute Gasteiger partial charge is 0.361 e. The molecule has 2 aromatic heterocycles. The van der Waals surface area contributed by atoms with E-state index in [9.17, 15) is 10.1 Å². The van der Waals surface area contributed by atoms with Crippen LogP contribution in [0.25, 0.3) is 0 Å². The number of aromatic nitrogens is 2. The van der Waals surface area contributed by atoms with Crippen molar-refractivity contribution < 1.29 is 4.92 Å². The van der Waals surface area contributed by atoms with Crippen LogP contribution >= 0.6 is 22.9 Å². The highest BCUT2D eigenvalue weighted by atomic mass is 35.5. The van der Waals surface area contributed by atoms with Crippen molar-refractivity contribution >= 4 is 34.4 Å². The first-order valence-electron chi connectivity index (χ1n) is 6.02. The Morgan fingerprint density at radius 1 is 1.60 bits per heavy atom. The Hall–Kier alpha value is -1.73. The van der Waals surface area contributed by atoms with Crippen LogP contribution in [0.5, 0.6) is 0 Å². The van der Waals surface area contributed by atoms with E-state index in [2.05, 4.69) is 22.2 Å². The molecule has 2 aromatic rings. The van der Waals surface area contributed by atoms with Gasteiger partial charge >= 0.3 is 0 Å². The van der Waals surface area contributed by atoms with Crippen molar-refractivity contribution in [2.75, 3.05) is 5.32 Å². The fourth-order valence-corrected chi connectivity index (χ4v) is 2.65. The fraction of sp³-hybridized carbons (Fsp3) is 0.333. The summed E-state index contributed by atoms with van der Waals surface area (Å²) in [7, 11) is 0. The topological polar surface area (TPSA) is 81.0 Å². The molecular formula is C12H13ClN4O2S.